The maximum absolute atomic E-state index is 12.6. The minimum absolute atomic E-state index is 0.134. The normalized spacial score (nSPS) is 17.7. The van der Waals surface area contributed by atoms with Gasteiger partial charge in [0.15, 0.2) is 5.82 Å². The third kappa shape index (κ3) is 4.66. The van der Waals surface area contributed by atoms with Crippen LogP contribution in [-0.2, 0) is 22.6 Å². The summed E-state index contributed by atoms with van der Waals surface area (Å²) in [6, 6.07) is 8.13. The fourth-order valence-corrected chi connectivity index (χ4v) is 3.09. The number of benzene rings is 1. The summed E-state index contributed by atoms with van der Waals surface area (Å²) in [4.78, 5) is 19.0. The fraction of sp³-hybridized carbons (Fsp3) is 0.526. The Hall–Kier alpha value is -2.21. The Morgan fingerprint density at radius 3 is 2.92 bits per heavy atom. The lowest BCUT2D eigenvalue weighted by molar-refractivity contribution is -0.131. The number of nitrogens with zero attached hydrogens (tertiary/aromatic N) is 3. The first-order valence-corrected chi connectivity index (χ1v) is 8.89. The van der Waals surface area contributed by atoms with Crippen molar-refractivity contribution < 1.29 is 14.1 Å². The molecule has 134 valence electrons. The topological polar surface area (TPSA) is 68.5 Å². The summed E-state index contributed by atoms with van der Waals surface area (Å²) in [6.07, 6.45) is 2.37. The van der Waals surface area contributed by atoms with Gasteiger partial charge in [-0.3, -0.25) is 4.79 Å². The van der Waals surface area contributed by atoms with Crippen molar-refractivity contribution in [1.82, 2.24) is 15.0 Å². The Kier molecular flexibility index (Phi) is 5.81. The van der Waals surface area contributed by atoms with Crippen LogP contribution in [0.3, 0.4) is 0 Å². The van der Waals surface area contributed by atoms with Gasteiger partial charge < -0.3 is 14.2 Å². The highest BCUT2D eigenvalue weighted by Gasteiger charge is 2.28. The summed E-state index contributed by atoms with van der Waals surface area (Å²) in [6.45, 7) is 6.37. The monoisotopic (exact) mass is 343 g/mol. The van der Waals surface area contributed by atoms with Crippen LogP contribution in [0.4, 0.5) is 0 Å². The number of carbonyl (C=O) groups excluding carboxylic acids is 1. The van der Waals surface area contributed by atoms with Gasteiger partial charge in [0.1, 0.15) is 6.61 Å². The molecule has 0 aliphatic carbocycles. The number of aryl methyl sites for hydroxylation is 1. The molecule has 6 heteroatoms. The Bertz CT molecular complexity index is 696. The van der Waals surface area contributed by atoms with Crippen molar-refractivity contribution >= 4 is 5.91 Å². The molecule has 0 spiro atoms. The summed E-state index contributed by atoms with van der Waals surface area (Å²) in [7, 11) is 0. The molecule has 0 saturated carbocycles. The molecule has 1 atom stereocenters. The largest absolute Gasteiger partial charge is 0.372 e. The molecule has 3 rings (SSSR count). The lowest BCUT2D eigenvalue weighted by Gasteiger charge is -2.31. The third-order valence-corrected chi connectivity index (χ3v) is 4.53. The average Bonchev–Trinajstić information content (AvgIpc) is 3.11. The molecule has 2 heterocycles. The number of likely N-dealkylation sites (tertiary alicyclic amines) is 1. The van der Waals surface area contributed by atoms with E-state index in [2.05, 4.69) is 10.1 Å². The van der Waals surface area contributed by atoms with Crippen molar-refractivity contribution in [2.75, 3.05) is 19.7 Å². The smallest absolute Gasteiger partial charge is 0.252 e. The molecular formula is C19H25N3O3. The van der Waals surface area contributed by atoms with E-state index in [1.165, 1.54) is 5.56 Å². The van der Waals surface area contributed by atoms with Crippen LogP contribution in [-0.4, -0.2) is 40.6 Å². The van der Waals surface area contributed by atoms with Gasteiger partial charge in [-0.25, -0.2) is 0 Å². The van der Waals surface area contributed by atoms with Gasteiger partial charge in [-0.15, -0.1) is 0 Å². The Morgan fingerprint density at radius 1 is 1.36 bits per heavy atom. The van der Waals surface area contributed by atoms with Crippen LogP contribution in [0.25, 0.3) is 0 Å². The van der Waals surface area contributed by atoms with Gasteiger partial charge in [-0.05, 0) is 32.3 Å². The van der Waals surface area contributed by atoms with Crippen LogP contribution in [0, 0.1) is 6.92 Å². The lowest BCUT2D eigenvalue weighted by Crippen LogP contribution is -2.40. The van der Waals surface area contributed by atoms with Gasteiger partial charge in [-0.1, -0.05) is 35.0 Å². The number of aromatic nitrogens is 2. The minimum atomic E-state index is 0.134. The second-order valence-corrected chi connectivity index (χ2v) is 6.52. The molecule has 2 aromatic rings. The minimum Gasteiger partial charge on any atom is -0.372 e. The van der Waals surface area contributed by atoms with Crippen LogP contribution < -0.4 is 0 Å². The summed E-state index contributed by atoms with van der Waals surface area (Å²) in [5.41, 5.74) is 2.26. The number of hydrogen-bond acceptors (Lipinski definition) is 5. The molecular weight excluding hydrogens is 318 g/mol. The summed E-state index contributed by atoms with van der Waals surface area (Å²) < 4.78 is 10.5. The van der Waals surface area contributed by atoms with Crippen LogP contribution in [0.1, 0.15) is 48.5 Å². The number of ether oxygens (including phenoxy) is 1. The maximum atomic E-state index is 12.6. The molecule has 1 aromatic heterocycles. The Labute approximate surface area is 148 Å². The number of piperidine rings is 1. The molecule has 0 radical (unpaired) electrons. The van der Waals surface area contributed by atoms with Crippen molar-refractivity contribution in [1.29, 1.82) is 0 Å². The van der Waals surface area contributed by atoms with E-state index in [1.54, 1.807) is 0 Å². The molecule has 1 unspecified atom stereocenters. The van der Waals surface area contributed by atoms with Gasteiger partial charge in [0.2, 0.25) is 5.91 Å². The van der Waals surface area contributed by atoms with Crippen molar-refractivity contribution in [2.45, 2.75) is 45.6 Å². The van der Waals surface area contributed by atoms with E-state index in [9.17, 15) is 4.79 Å². The molecule has 1 aliphatic rings. The van der Waals surface area contributed by atoms with Crippen molar-refractivity contribution in [3.8, 4) is 0 Å². The highest BCUT2D eigenvalue weighted by molar-refractivity contribution is 5.79. The van der Waals surface area contributed by atoms with Gasteiger partial charge in [0.05, 0.1) is 6.42 Å². The van der Waals surface area contributed by atoms with Crippen LogP contribution in [0.15, 0.2) is 28.8 Å². The second-order valence-electron chi connectivity index (χ2n) is 6.52. The van der Waals surface area contributed by atoms with Crippen molar-refractivity contribution in [3.63, 3.8) is 0 Å². The first-order chi connectivity index (χ1) is 12.2. The highest BCUT2D eigenvalue weighted by atomic mass is 16.5. The van der Waals surface area contributed by atoms with Gasteiger partial charge >= 0.3 is 0 Å². The predicted octanol–water partition coefficient (Wildman–Crippen LogP) is 2.86. The zero-order chi connectivity index (χ0) is 17.6. The van der Waals surface area contributed by atoms with E-state index in [4.69, 9.17) is 9.26 Å². The number of rotatable bonds is 6. The average molecular weight is 343 g/mol. The molecule has 1 amide bonds. The quantitative estimate of drug-likeness (QED) is 0.807. The Balaban J connectivity index is 1.59. The molecule has 1 aromatic carbocycles. The summed E-state index contributed by atoms with van der Waals surface area (Å²) in [5.74, 6) is 1.48. The lowest BCUT2D eigenvalue weighted by atomic mass is 9.96. The molecule has 25 heavy (non-hydrogen) atoms. The Morgan fingerprint density at radius 2 is 2.16 bits per heavy atom. The molecule has 1 aliphatic heterocycles. The highest BCUT2D eigenvalue weighted by Crippen LogP contribution is 2.25. The van der Waals surface area contributed by atoms with E-state index in [-0.39, 0.29) is 11.8 Å². The number of hydrogen-bond donors (Lipinski definition) is 0. The van der Waals surface area contributed by atoms with E-state index < -0.39 is 0 Å². The predicted molar refractivity (Wildman–Crippen MR) is 93.1 cm³/mol. The van der Waals surface area contributed by atoms with Gasteiger partial charge in [0.25, 0.3) is 5.89 Å². The molecule has 0 N–H and O–H groups in total. The SMILES string of the molecule is CCOCc1nc(C2CCCN(C(=O)Cc3ccc(C)cc3)C2)no1. The van der Waals surface area contributed by atoms with Crippen molar-refractivity contribution in [3.05, 3.63) is 47.1 Å². The first kappa shape index (κ1) is 17.6. The maximum Gasteiger partial charge on any atom is 0.252 e. The molecule has 1 saturated heterocycles. The third-order valence-electron chi connectivity index (χ3n) is 4.53. The molecule has 0 bridgehead atoms. The van der Waals surface area contributed by atoms with Crippen LogP contribution >= 0.6 is 0 Å². The number of amides is 1. The van der Waals surface area contributed by atoms with Gasteiger partial charge in [-0.2, -0.15) is 4.98 Å². The zero-order valence-electron chi connectivity index (χ0n) is 14.9. The van der Waals surface area contributed by atoms with E-state index in [0.717, 1.165) is 24.9 Å². The fourth-order valence-electron chi connectivity index (χ4n) is 3.09. The number of carbonyl (C=O) groups is 1. The van der Waals surface area contributed by atoms with Crippen LogP contribution in [0.5, 0.6) is 0 Å². The van der Waals surface area contributed by atoms with Crippen LogP contribution in [0.2, 0.25) is 0 Å². The summed E-state index contributed by atoms with van der Waals surface area (Å²) >= 11 is 0. The van der Waals surface area contributed by atoms with E-state index in [0.29, 0.717) is 37.9 Å². The summed E-state index contributed by atoms with van der Waals surface area (Å²) in [5, 5.41) is 4.08. The second kappa shape index (κ2) is 8.25. The standard InChI is InChI=1S/C19H25N3O3/c1-3-24-13-17-20-19(21-25-17)16-5-4-10-22(12-16)18(23)11-15-8-6-14(2)7-9-15/h6-9,16H,3-5,10-13H2,1-2H3. The first-order valence-electron chi connectivity index (χ1n) is 8.89. The van der Waals surface area contributed by atoms with E-state index >= 15 is 0 Å². The zero-order valence-corrected chi connectivity index (χ0v) is 14.9. The van der Waals surface area contributed by atoms with Gasteiger partial charge in [0, 0.05) is 25.6 Å². The van der Waals surface area contributed by atoms with Crippen molar-refractivity contribution in [2.24, 2.45) is 0 Å². The van der Waals surface area contributed by atoms with E-state index in [1.807, 2.05) is 43.0 Å². The molecule has 6 nitrogen and oxygen atoms in total. The molecule has 1 fully saturated rings.